The molecule has 1 N–H and O–H groups in total. The number of hydrogen-bond donors (Lipinski definition) is 1. The second kappa shape index (κ2) is 10.7. The van der Waals surface area contributed by atoms with Crippen molar-refractivity contribution in [2.24, 2.45) is 0 Å². The summed E-state index contributed by atoms with van der Waals surface area (Å²) < 4.78 is 0. The predicted octanol–water partition coefficient (Wildman–Crippen LogP) is 6.53. The minimum absolute atomic E-state index is 0.0144. The first-order valence-electron chi connectivity index (χ1n) is 11.2. The Morgan fingerprint density at radius 1 is 0.848 bits per heavy atom. The number of carboxylic acids is 1. The van der Waals surface area contributed by atoms with Gasteiger partial charge in [-0.15, -0.1) is 0 Å². The zero-order chi connectivity index (χ0) is 23.0. The van der Waals surface area contributed by atoms with Crippen LogP contribution in [-0.4, -0.2) is 21.0 Å². The van der Waals surface area contributed by atoms with Crippen LogP contribution >= 0.6 is 0 Å². The summed E-state index contributed by atoms with van der Waals surface area (Å²) in [5.41, 5.74) is 5.34. The van der Waals surface area contributed by atoms with E-state index in [1.807, 2.05) is 72.9 Å². The van der Waals surface area contributed by atoms with Gasteiger partial charge in [-0.2, -0.15) is 0 Å². The third-order valence-corrected chi connectivity index (χ3v) is 6.02. The maximum atomic E-state index is 12.0. The lowest BCUT2D eigenvalue weighted by Crippen LogP contribution is -2.32. The highest BCUT2D eigenvalue weighted by Gasteiger charge is 2.28. The van der Waals surface area contributed by atoms with Crippen molar-refractivity contribution in [2.45, 2.75) is 32.0 Å². The van der Waals surface area contributed by atoms with Gasteiger partial charge in [0.05, 0.1) is 6.42 Å². The summed E-state index contributed by atoms with van der Waals surface area (Å²) >= 11 is 0. The van der Waals surface area contributed by atoms with Gasteiger partial charge in [-0.05, 0) is 46.9 Å². The molecule has 1 aromatic heterocycles. The second-order valence-electron chi connectivity index (χ2n) is 8.23. The molecular formula is C29H28N2O2. The molecule has 1 heterocycles. The Morgan fingerprint density at radius 2 is 1.52 bits per heavy atom. The maximum Gasteiger partial charge on any atom is 0.305 e. The standard InChI is InChI=1S/C29H28N2O2/c1-22(24-12-6-3-7-13-24)31(21-23-10-4-2-5-11-23)28(19-29(32)33)26-15-8-14-25(18-26)27-16-9-17-30-20-27/h2-18,20,22,28H,19,21H2,1H3,(H,32,33). The fraction of sp³-hybridized carbons (Fsp3) is 0.172. The van der Waals surface area contributed by atoms with Crippen LogP contribution in [-0.2, 0) is 11.3 Å². The topological polar surface area (TPSA) is 53.4 Å². The molecule has 4 heteroatoms. The summed E-state index contributed by atoms with van der Waals surface area (Å²) in [5, 5.41) is 9.86. The summed E-state index contributed by atoms with van der Waals surface area (Å²) in [5.74, 6) is -0.815. The molecule has 4 rings (SSSR count). The fourth-order valence-corrected chi connectivity index (χ4v) is 4.29. The van der Waals surface area contributed by atoms with Gasteiger partial charge in [0.2, 0.25) is 0 Å². The minimum atomic E-state index is -0.815. The van der Waals surface area contributed by atoms with E-state index in [9.17, 15) is 9.90 Å². The number of carbonyl (C=O) groups is 1. The highest BCUT2D eigenvalue weighted by atomic mass is 16.4. The zero-order valence-corrected chi connectivity index (χ0v) is 18.7. The molecule has 2 atom stereocenters. The van der Waals surface area contributed by atoms with E-state index in [0.29, 0.717) is 6.54 Å². The molecule has 0 saturated heterocycles. The Morgan fingerprint density at radius 3 is 2.18 bits per heavy atom. The highest BCUT2D eigenvalue weighted by molar-refractivity contribution is 5.69. The number of rotatable bonds is 9. The summed E-state index contributed by atoms with van der Waals surface area (Å²) in [4.78, 5) is 18.5. The van der Waals surface area contributed by atoms with Crippen molar-refractivity contribution >= 4 is 5.97 Å². The van der Waals surface area contributed by atoms with Gasteiger partial charge in [0.15, 0.2) is 0 Å². The maximum absolute atomic E-state index is 12.0. The largest absolute Gasteiger partial charge is 0.481 e. The quantitative estimate of drug-likeness (QED) is 0.324. The fourth-order valence-electron chi connectivity index (χ4n) is 4.29. The Labute approximate surface area is 195 Å². The number of benzene rings is 3. The van der Waals surface area contributed by atoms with Gasteiger partial charge in [-0.3, -0.25) is 14.7 Å². The summed E-state index contributed by atoms with van der Waals surface area (Å²) in [6, 6.07) is 32.3. The zero-order valence-electron chi connectivity index (χ0n) is 18.7. The Balaban J connectivity index is 1.77. The number of pyridine rings is 1. The first kappa shape index (κ1) is 22.4. The van der Waals surface area contributed by atoms with E-state index in [-0.39, 0.29) is 18.5 Å². The van der Waals surface area contributed by atoms with E-state index in [0.717, 1.165) is 27.8 Å². The van der Waals surface area contributed by atoms with Crippen LogP contribution in [0.3, 0.4) is 0 Å². The molecule has 33 heavy (non-hydrogen) atoms. The SMILES string of the molecule is CC(c1ccccc1)N(Cc1ccccc1)C(CC(=O)O)c1cccc(-c2cccnc2)c1. The summed E-state index contributed by atoms with van der Waals surface area (Å²) in [6.07, 6.45) is 3.60. The molecule has 0 aliphatic rings. The van der Waals surface area contributed by atoms with Gasteiger partial charge in [-0.1, -0.05) is 84.9 Å². The molecule has 4 nitrogen and oxygen atoms in total. The second-order valence-corrected chi connectivity index (χ2v) is 8.23. The molecule has 0 aliphatic carbocycles. The van der Waals surface area contributed by atoms with E-state index < -0.39 is 5.97 Å². The summed E-state index contributed by atoms with van der Waals surface area (Å²) in [6.45, 7) is 2.80. The van der Waals surface area contributed by atoms with E-state index >= 15 is 0 Å². The lowest BCUT2D eigenvalue weighted by Gasteiger charge is -2.37. The number of carboxylic acid groups (broad SMARTS) is 1. The number of hydrogen-bond acceptors (Lipinski definition) is 3. The average Bonchev–Trinajstić information content (AvgIpc) is 2.87. The number of nitrogens with zero attached hydrogens (tertiary/aromatic N) is 2. The average molecular weight is 437 g/mol. The monoisotopic (exact) mass is 436 g/mol. The molecule has 2 unspecified atom stereocenters. The normalized spacial score (nSPS) is 12.9. The van der Waals surface area contributed by atoms with E-state index in [1.54, 1.807) is 6.20 Å². The van der Waals surface area contributed by atoms with Crippen molar-refractivity contribution in [1.82, 2.24) is 9.88 Å². The van der Waals surface area contributed by atoms with Crippen molar-refractivity contribution in [3.63, 3.8) is 0 Å². The lowest BCUT2D eigenvalue weighted by atomic mass is 9.94. The van der Waals surface area contributed by atoms with Gasteiger partial charge >= 0.3 is 5.97 Å². The van der Waals surface area contributed by atoms with Crippen molar-refractivity contribution in [1.29, 1.82) is 0 Å². The molecule has 0 radical (unpaired) electrons. The molecule has 0 bridgehead atoms. The van der Waals surface area contributed by atoms with E-state index in [1.165, 1.54) is 0 Å². The van der Waals surface area contributed by atoms with Crippen LogP contribution in [0.4, 0.5) is 0 Å². The Kier molecular flexibility index (Phi) is 7.28. The first-order valence-corrected chi connectivity index (χ1v) is 11.2. The van der Waals surface area contributed by atoms with Gasteiger partial charge in [-0.25, -0.2) is 0 Å². The third kappa shape index (κ3) is 5.73. The molecule has 4 aromatic rings. The molecule has 0 fully saturated rings. The van der Waals surface area contributed by atoms with Crippen LogP contribution in [0.25, 0.3) is 11.1 Å². The lowest BCUT2D eigenvalue weighted by molar-refractivity contribution is -0.138. The van der Waals surface area contributed by atoms with Crippen LogP contribution in [0.15, 0.2) is 109 Å². The Bertz CT molecular complexity index is 1160. The summed E-state index contributed by atoms with van der Waals surface area (Å²) in [7, 11) is 0. The third-order valence-electron chi connectivity index (χ3n) is 6.02. The molecule has 0 saturated carbocycles. The number of aliphatic carboxylic acids is 1. The molecule has 0 amide bonds. The molecule has 0 aliphatic heterocycles. The van der Waals surface area contributed by atoms with Gasteiger partial charge in [0, 0.05) is 31.0 Å². The highest BCUT2D eigenvalue weighted by Crippen LogP contribution is 2.36. The van der Waals surface area contributed by atoms with Crippen LogP contribution in [0.2, 0.25) is 0 Å². The van der Waals surface area contributed by atoms with E-state index in [4.69, 9.17) is 0 Å². The number of aromatic nitrogens is 1. The van der Waals surface area contributed by atoms with E-state index in [2.05, 4.69) is 47.1 Å². The van der Waals surface area contributed by atoms with Gasteiger partial charge in [0.1, 0.15) is 0 Å². The molecule has 3 aromatic carbocycles. The van der Waals surface area contributed by atoms with Crippen molar-refractivity contribution in [2.75, 3.05) is 0 Å². The molecular weight excluding hydrogens is 408 g/mol. The van der Waals surface area contributed by atoms with Crippen LogP contribution in [0.1, 0.15) is 42.1 Å². The van der Waals surface area contributed by atoms with Gasteiger partial charge < -0.3 is 5.11 Å². The molecule has 0 spiro atoms. The van der Waals surface area contributed by atoms with Crippen LogP contribution in [0.5, 0.6) is 0 Å². The van der Waals surface area contributed by atoms with Crippen LogP contribution < -0.4 is 0 Å². The first-order chi connectivity index (χ1) is 16.1. The minimum Gasteiger partial charge on any atom is -0.481 e. The van der Waals surface area contributed by atoms with Crippen molar-refractivity contribution < 1.29 is 9.90 Å². The predicted molar refractivity (Wildman–Crippen MR) is 132 cm³/mol. The van der Waals surface area contributed by atoms with Crippen molar-refractivity contribution in [3.8, 4) is 11.1 Å². The van der Waals surface area contributed by atoms with Crippen molar-refractivity contribution in [3.05, 3.63) is 126 Å². The smallest absolute Gasteiger partial charge is 0.305 e. The molecule has 166 valence electrons. The van der Waals surface area contributed by atoms with Crippen LogP contribution in [0, 0.1) is 0 Å². The van der Waals surface area contributed by atoms with Gasteiger partial charge in [0.25, 0.3) is 0 Å². The Hall–Kier alpha value is -3.76.